The van der Waals surface area contributed by atoms with E-state index in [4.69, 9.17) is 25.8 Å². The average molecular weight is 515 g/mol. The second-order valence-corrected chi connectivity index (χ2v) is 10.2. The number of ketones is 1. The van der Waals surface area contributed by atoms with Crippen LogP contribution in [0.4, 0.5) is 4.39 Å². The third-order valence-electron chi connectivity index (χ3n) is 6.19. The van der Waals surface area contributed by atoms with Gasteiger partial charge in [0.15, 0.2) is 23.8 Å². The lowest BCUT2D eigenvalue weighted by atomic mass is 10.0. The Hall–Kier alpha value is -1.82. The molecule has 0 bridgehead atoms. The molecule has 1 saturated heterocycles. The molecule has 0 amide bonds. The van der Waals surface area contributed by atoms with Crippen LogP contribution >= 0.6 is 23.4 Å². The minimum absolute atomic E-state index is 0.0646. The molecule has 2 aliphatic rings. The molecule has 1 aliphatic heterocycles. The van der Waals surface area contributed by atoms with Gasteiger partial charge in [-0.25, -0.2) is 19.2 Å². The molecular formula is C22H28ClFN4O5S. The van der Waals surface area contributed by atoms with Crippen LogP contribution in [-0.4, -0.2) is 68.1 Å². The molecule has 186 valence electrons. The zero-order valence-electron chi connectivity index (χ0n) is 19.3. The van der Waals surface area contributed by atoms with Gasteiger partial charge in [-0.1, -0.05) is 19.8 Å². The summed E-state index contributed by atoms with van der Waals surface area (Å²) in [5.41, 5.74) is 0.957. The number of aromatic nitrogens is 4. The zero-order valence-corrected chi connectivity index (χ0v) is 20.9. The summed E-state index contributed by atoms with van der Waals surface area (Å²) in [4.78, 5) is 36.9. The average Bonchev–Trinajstić information content (AvgIpc) is 3.50. The molecule has 0 aromatic carbocycles. The molecule has 0 radical (unpaired) electrons. The maximum absolute atomic E-state index is 15.3. The van der Waals surface area contributed by atoms with Crippen molar-refractivity contribution in [3.63, 3.8) is 0 Å². The van der Waals surface area contributed by atoms with Gasteiger partial charge in [-0.3, -0.25) is 9.36 Å². The van der Waals surface area contributed by atoms with Crippen molar-refractivity contribution in [3.8, 4) is 0 Å². The molecule has 34 heavy (non-hydrogen) atoms. The molecule has 0 spiro atoms. The number of ether oxygens (including phenoxy) is 3. The molecule has 5 atom stereocenters. The van der Waals surface area contributed by atoms with Crippen LogP contribution in [-0.2, 0) is 23.8 Å². The van der Waals surface area contributed by atoms with E-state index in [9.17, 15) is 9.59 Å². The van der Waals surface area contributed by atoms with Crippen LogP contribution in [0.5, 0.6) is 0 Å². The van der Waals surface area contributed by atoms with Gasteiger partial charge in [0.2, 0.25) is 11.4 Å². The standard InChI is InChI=1S/C22H28ClFN4O5S/c1-4-31-21(30)17(12(3)29)32-9-14-11(2)15(24)20(33-14)28-10-25-16-18(28)26-22(23)27-19(16)34-13-7-5-6-8-13/h10-11,13-15,17,20H,4-9H2,1-3H3/t11-,14-,15+,17?,20-/m1/s1. The van der Waals surface area contributed by atoms with E-state index in [0.717, 1.165) is 12.8 Å². The normalized spacial score (nSPS) is 26.3. The van der Waals surface area contributed by atoms with Gasteiger partial charge in [0.1, 0.15) is 10.5 Å². The predicted octanol–water partition coefficient (Wildman–Crippen LogP) is 3.92. The number of carbonyl (C=O) groups is 2. The highest BCUT2D eigenvalue weighted by atomic mass is 35.5. The van der Waals surface area contributed by atoms with Crippen LogP contribution in [0.25, 0.3) is 11.2 Å². The monoisotopic (exact) mass is 514 g/mol. The predicted molar refractivity (Wildman–Crippen MR) is 123 cm³/mol. The molecule has 9 nitrogen and oxygen atoms in total. The first kappa shape index (κ1) is 25.3. The van der Waals surface area contributed by atoms with Crippen molar-refractivity contribution in [2.45, 2.75) is 81.3 Å². The largest absolute Gasteiger partial charge is 0.464 e. The summed E-state index contributed by atoms with van der Waals surface area (Å²) in [6, 6.07) is 0. The summed E-state index contributed by atoms with van der Waals surface area (Å²) in [6.07, 6.45) is 1.61. The maximum atomic E-state index is 15.3. The van der Waals surface area contributed by atoms with Crippen LogP contribution < -0.4 is 0 Å². The molecule has 1 aliphatic carbocycles. The first-order valence-electron chi connectivity index (χ1n) is 11.4. The smallest absolute Gasteiger partial charge is 0.343 e. The topological polar surface area (TPSA) is 105 Å². The second kappa shape index (κ2) is 10.8. The van der Waals surface area contributed by atoms with Gasteiger partial charge in [0.25, 0.3) is 0 Å². The Kier molecular flexibility index (Phi) is 8.06. The Morgan fingerprint density at radius 1 is 1.35 bits per heavy atom. The second-order valence-electron chi connectivity index (χ2n) is 8.59. The fraction of sp³-hybridized carbons (Fsp3) is 0.682. The number of hydrogen-bond donors (Lipinski definition) is 0. The summed E-state index contributed by atoms with van der Waals surface area (Å²) >= 11 is 7.83. The molecule has 2 aromatic heterocycles. The number of hydrogen-bond acceptors (Lipinski definition) is 9. The molecule has 0 N–H and O–H groups in total. The van der Waals surface area contributed by atoms with E-state index in [1.54, 1.807) is 25.6 Å². The van der Waals surface area contributed by atoms with Crippen molar-refractivity contribution in [1.82, 2.24) is 19.5 Å². The lowest BCUT2D eigenvalue weighted by Gasteiger charge is -2.19. The molecule has 2 fully saturated rings. The quantitative estimate of drug-likeness (QED) is 0.213. The number of imidazole rings is 1. The Bertz CT molecular complexity index is 1050. The van der Waals surface area contributed by atoms with Crippen LogP contribution in [0.3, 0.4) is 0 Å². The van der Waals surface area contributed by atoms with E-state index in [-0.39, 0.29) is 18.5 Å². The van der Waals surface area contributed by atoms with Gasteiger partial charge in [0.05, 0.1) is 25.6 Å². The lowest BCUT2D eigenvalue weighted by Crippen LogP contribution is -2.36. The Balaban J connectivity index is 1.52. The first-order valence-corrected chi connectivity index (χ1v) is 12.7. The summed E-state index contributed by atoms with van der Waals surface area (Å²) in [5, 5.41) is 1.20. The van der Waals surface area contributed by atoms with Gasteiger partial charge >= 0.3 is 5.97 Å². The number of carbonyl (C=O) groups excluding carboxylic acids is 2. The van der Waals surface area contributed by atoms with E-state index in [2.05, 4.69) is 15.0 Å². The number of rotatable bonds is 9. The fourth-order valence-corrected chi connectivity index (χ4v) is 5.81. The number of alkyl halides is 1. The van der Waals surface area contributed by atoms with Gasteiger partial charge in [0, 0.05) is 11.2 Å². The van der Waals surface area contributed by atoms with Crippen molar-refractivity contribution in [2.75, 3.05) is 13.2 Å². The van der Waals surface area contributed by atoms with Gasteiger partial charge < -0.3 is 14.2 Å². The van der Waals surface area contributed by atoms with Crippen LogP contribution in [0.15, 0.2) is 11.4 Å². The van der Waals surface area contributed by atoms with Gasteiger partial charge in [-0.2, -0.15) is 4.98 Å². The summed E-state index contributed by atoms with van der Waals surface area (Å²) < 4.78 is 33.2. The molecule has 2 aromatic rings. The van der Waals surface area contributed by atoms with E-state index in [1.165, 1.54) is 30.7 Å². The van der Waals surface area contributed by atoms with E-state index >= 15 is 4.39 Å². The minimum atomic E-state index is -1.40. The Labute approximate surface area is 206 Å². The third kappa shape index (κ3) is 5.22. The van der Waals surface area contributed by atoms with Crippen molar-refractivity contribution in [3.05, 3.63) is 11.6 Å². The molecule has 1 unspecified atom stereocenters. The molecule has 3 heterocycles. The number of Topliss-reactive ketones (excluding diaryl/α,β-unsaturated/α-hetero) is 1. The van der Waals surface area contributed by atoms with Gasteiger partial charge in [-0.05, 0) is 38.3 Å². The van der Waals surface area contributed by atoms with Crippen LogP contribution in [0, 0.1) is 5.92 Å². The summed E-state index contributed by atoms with van der Waals surface area (Å²) in [6.45, 7) is 4.54. The minimum Gasteiger partial charge on any atom is -0.464 e. The Morgan fingerprint density at radius 2 is 2.09 bits per heavy atom. The summed E-state index contributed by atoms with van der Waals surface area (Å²) in [7, 11) is 0. The Morgan fingerprint density at radius 3 is 2.76 bits per heavy atom. The molecule has 12 heteroatoms. The van der Waals surface area contributed by atoms with Crippen LogP contribution in [0.1, 0.15) is 52.7 Å². The number of fused-ring (bicyclic) bond motifs is 1. The number of halogens is 2. The fourth-order valence-electron chi connectivity index (χ4n) is 4.31. The van der Waals surface area contributed by atoms with E-state index in [1.807, 2.05) is 0 Å². The van der Waals surface area contributed by atoms with E-state index < -0.39 is 42.3 Å². The molecule has 1 saturated carbocycles. The molecule has 4 rings (SSSR count). The van der Waals surface area contributed by atoms with Crippen molar-refractivity contribution < 1.29 is 28.2 Å². The molecular weight excluding hydrogens is 487 g/mol. The van der Waals surface area contributed by atoms with Crippen molar-refractivity contribution in [2.24, 2.45) is 5.92 Å². The highest BCUT2D eigenvalue weighted by Gasteiger charge is 2.45. The van der Waals surface area contributed by atoms with Crippen molar-refractivity contribution >= 4 is 46.3 Å². The van der Waals surface area contributed by atoms with Crippen molar-refractivity contribution in [1.29, 1.82) is 0 Å². The number of esters is 1. The first-order chi connectivity index (χ1) is 16.3. The van der Waals surface area contributed by atoms with Crippen LogP contribution in [0.2, 0.25) is 5.28 Å². The SMILES string of the molecule is CCOC(=O)C(OC[C@H]1O[C@@H](n2cnc3c(SC4CCCC4)nc(Cl)nc32)[C@@H](F)[C@@H]1C)C(C)=O. The highest BCUT2D eigenvalue weighted by molar-refractivity contribution is 8.00. The number of thioether (sulfide) groups is 1. The zero-order chi connectivity index (χ0) is 24.4. The highest BCUT2D eigenvalue weighted by Crippen LogP contribution is 2.40. The number of nitrogens with zero attached hydrogens (tertiary/aromatic N) is 4. The lowest BCUT2D eigenvalue weighted by molar-refractivity contribution is -0.164. The van der Waals surface area contributed by atoms with E-state index in [0.29, 0.717) is 21.4 Å². The van der Waals surface area contributed by atoms with Gasteiger partial charge in [-0.15, -0.1) is 11.8 Å². The third-order valence-corrected chi connectivity index (χ3v) is 7.67. The maximum Gasteiger partial charge on any atom is 0.343 e. The summed E-state index contributed by atoms with van der Waals surface area (Å²) in [5.74, 6) is -1.83.